The van der Waals surface area contributed by atoms with Crippen LogP contribution in [0.5, 0.6) is 0 Å². The molecular weight excluding hydrogens is 280 g/mol. The lowest BCUT2D eigenvalue weighted by Crippen LogP contribution is -2.24. The number of hydrogen-bond donors (Lipinski definition) is 2. The Kier molecular flexibility index (Phi) is 4.27. The fourth-order valence-corrected chi connectivity index (χ4v) is 2.91. The fraction of sp³-hybridized carbons (Fsp3) is 0.235. The Bertz CT molecular complexity index is 652. The number of amides is 1. The number of hydrogen-bond acceptors (Lipinski definition) is 3. The summed E-state index contributed by atoms with van der Waals surface area (Å²) < 4.78 is 0. The molecule has 1 aliphatic heterocycles. The summed E-state index contributed by atoms with van der Waals surface area (Å²) in [5, 5.41) is 6.28. The van der Waals surface area contributed by atoms with Gasteiger partial charge >= 0.3 is 0 Å². The van der Waals surface area contributed by atoms with Crippen molar-refractivity contribution in [2.24, 2.45) is 0 Å². The lowest BCUT2D eigenvalue weighted by molar-refractivity contribution is 0.102. The summed E-state index contributed by atoms with van der Waals surface area (Å²) in [5.74, 6) is -0.0553. The average Bonchev–Trinajstić information content (AvgIpc) is 2.55. The Labute approximate surface area is 129 Å². The highest BCUT2D eigenvalue weighted by molar-refractivity contribution is 7.98. The first-order valence-corrected chi connectivity index (χ1v) is 8.26. The highest BCUT2D eigenvalue weighted by Gasteiger charge is 2.12. The number of benzene rings is 2. The molecule has 3 nitrogen and oxygen atoms in total. The van der Waals surface area contributed by atoms with Gasteiger partial charge in [-0.2, -0.15) is 0 Å². The van der Waals surface area contributed by atoms with Crippen LogP contribution in [0.25, 0.3) is 0 Å². The summed E-state index contributed by atoms with van der Waals surface area (Å²) in [6, 6.07) is 13.9. The zero-order valence-corrected chi connectivity index (χ0v) is 12.8. The molecule has 0 atom stereocenters. The van der Waals surface area contributed by atoms with E-state index in [-0.39, 0.29) is 5.91 Å². The molecule has 0 radical (unpaired) electrons. The maximum atomic E-state index is 12.3. The van der Waals surface area contributed by atoms with Gasteiger partial charge in [0.25, 0.3) is 5.91 Å². The number of carbonyl (C=O) groups excluding carboxylic acids is 1. The Balaban J connectivity index is 1.75. The highest BCUT2D eigenvalue weighted by Crippen LogP contribution is 2.19. The number of fused-ring (bicyclic) bond motifs is 1. The van der Waals surface area contributed by atoms with Crippen molar-refractivity contribution in [1.29, 1.82) is 0 Å². The molecule has 0 unspecified atom stereocenters. The van der Waals surface area contributed by atoms with Gasteiger partial charge in [0, 0.05) is 22.7 Å². The van der Waals surface area contributed by atoms with Gasteiger partial charge in [0.05, 0.1) is 0 Å². The van der Waals surface area contributed by atoms with Crippen LogP contribution in [-0.4, -0.2) is 18.7 Å². The minimum Gasteiger partial charge on any atom is -0.322 e. The molecule has 0 aromatic heterocycles. The van der Waals surface area contributed by atoms with E-state index in [1.807, 2.05) is 42.7 Å². The molecule has 2 aromatic carbocycles. The number of thioether (sulfide) groups is 1. The van der Waals surface area contributed by atoms with E-state index < -0.39 is 0 Å². The van der Waals surface area contributed by atoms with E-state index in [2.05, 4.69) is 16.7 Å². The smallest absolute Gasteiger partial charge is 0.255 e. The molecule has 3 rings (SSSR count). The van der Waals surface area contributed by atoms with Crippen molar-refractivity contribution in [1.82, 2.24) is 5.32 Å². The van der Waals surface area contributed by atoms with Crippen molar-refractivity contribution in [2.45, 2.75) is 17.9 Å². The van der Waals surface area contributed by atoms with Crippen molar-refractivity contribution < 1.29 is 4.79 Å². The largest absolute Gasteiger partial charge is 0.322 e. The van der Waals surface area contributed by atoms with Gasteiger partial charge in [-0.05, 0) is 66.7 Å². The van der Waals surface area contributed by atoms with Gasteiger partial charge in [-0.25, -0.2) is 0 Å². The topological polar surface area (TPSA) is 41.1 Å². The summed E-state index contributed by atoms with van der Waals surface area (Å²) in [6.45, 7) is 1.86. The molecule has 21 heavy (non-hydrogen) atoms. The highest BCUT2D eigenvalue weighted by atomic mass is 32.2. The van der Waals surface area contributed by atoms with Crippen LogP contribution in [0.2, 0.25) is 0 Å². The number of anilines is 1. The Morgan fingerprint density at radius 1 is 1.14 bits per heavy atom. The molecule has 1 heterocycles. The van der Waals surface area contributed by atoms with Gasteiger partial charge in [0.1, 0.15) is 0 Å². The second-order valence-corrected chi connectivity index (χ2v) is 5.97. The lowest BCUT2D eigenvalue weighted by atomic mass is 9.98. The number of rotatable bonds is 3. The van der Waals surface area contributed by atoms with Crippen LogP contribution < -0.4 is 10.6 Å². The molecule has 0 saturated heterocycles. The first kappa shape index (κ1) is 14.2. The molecule has 108 valence electrons. The molecule has 0 aliphatic carbocycles. The van der Waals surface area contributed by atoms with Crippen LogP contribution >= 0.6 is 11.8 Å². The van der Waals surface area contributed by atoms with Gasteiger partial charge in [0.2, 0.25) is 0 Å². The van der Waals surface area contributed by atoms with Gasteiger partial charge in [0.15, 0.2) is 0 Å². The summed E-state index contributed by atoms with van der Waals surface area (Å²) in [4.78, 5) is 13.5. The van der Waals surface area contributed by atoms with E-state index in [4.69, 9.17) is 0 Å². The van der Waals surface area contributed by atoms with E-state index in [9.17, 15) is 4.79 Å². The minimum absolute atomic E-state index is 0.0553. The molecule has 4 heteroatoms. The van der Waals surface area contributed by atoms with Crippen molar-refractivity contribution in [3.8, 4) is 0 Å². The van der Waals surface area contributed by atoms with Crippen LogP contribution in [0.1, 0.15) is 21.5 Å². The van der Waals surface area contributed by atoms with E-state index in [1.54, 1.807) is 11.8 Å². The molecule has 2 N–H and O–H groups in total. The summed E-state index contributed by atoms with van der Waals surface area (Å²) in [5.41, 5.74) is 4.11. The maximum absolute atomic E-state index is 12.3. The molecule has 0 saturated carbocycles. The second kappa shape index (κ2) is 6.33. The average molecular weight is 298 g/mol. The lowest BCUT2D eigenvalue weighted by Gasteiger charge is -2.17. The van der Waals surface area contributed by atoms with Crippen molar-refractivity contribution >= 4 is 23.4 Å². The quantitative estimate of drug-likeness (QED) is 0.854. The molecular formula is C17H18N2OS. The standard InChI is InChI=1S/C17H18N2OS/c1-21-16-6-4-15(5-7-16)19-17(20)13-3-2-12-8-9-18-11-14(12)10-13/h2-7,10,18H,8-9,11H2,1H3,(H,19,20). The normalized spacial score (nSPS) is 13.6. The fourth-order valence-electron chi connectivity index (χ4n) is 2.50. The van der Waals surface area contributed by atoms with E-state index in [0.717, 1.165) is 25.2 Å². The molecule has 0 spiro atoms. The van der Waals surface area contributed by atoms with Crippen molar-refractivity contribution in [2.75, 3.05) is 18.1 Å². The molecule has 2 aromatic rings. The number of carbonyl (C=O) groups is 1. The van der Waals surface area contributed by atoms with E-state index >= 15 is 0 Å². The predicted molar refractivity (Wildman–Crippen MR) is 88.0 cm³/mol. The third kappa shape index (κ3) is 3.28. The third-order valence-electron chi connectivity index (χ3n) is 3.70. The summed E-state index contributed by atoms with van der Waals surface area (Å²) in [6.07, 6.45) is 3.07. The minimum atomic E-state index is -0.0553. The van der Waals surface area contributed by atoms with Gasteiger partial charge in [-0.15, -0.1) is 11.8 Å². The van der Waals surface area contributed by atoms with Gasteiger partial charge in [-0.3, -0.25) is 4.79 Å². The first-order chi connectivity index (χ1) is 10.3. The van der Waals surface area contributed by atoms with Crippen molar-refractivity contribution in [3.05, 3.63) is 59.2 Å². The number of nitrogens with one attached hydrogen (secondary N) is 2. The summed E-state index contributed by atoms with van der Waals surface area (Å²) >= 11 is 1.69. The van der Waals surface area contributed by atoms with E-state index in [1.165, 1.54) is 16.0 Å². The van der Waals surface area contributed by atoms with E-state index in [0.29, 0.717) is 5.56 Å². The second-order valence-electron chi connectivity index (χ2n) is 5.09. The monoisotopic (exact) mass is 298 g/mol. The van der Waals surface area contributed by atoms with Crippen LogP contribution in [0.15, 0.2) is 47.4 Å². The van der Waals surface area contributed by atoms with Gasteiger partial charge in [-0.1, -0.05) is 6.07 Å². The zero-order chi connectivity index (χ0) is 14.7. The van der Waals surface area contributed by atoms with Gasteiger partial charge < -0.3 is 10.6 Å². The molecule has 0 fully saturated rings. The maximum Gasteiger partial charge on any atom is 0.255 e. The Morgan fingerprint density at radius 3 is 2.71 bits per heavy atom. The SMILES string of the molecule is CSc1ccc(NC(=O)c2ccc3c(c2)CNCC3)cc1. The first-order valence-electron chi connectivity index (χ1n) is 7.04. The Hall–Kier alpha value is -1.78. The Morgan fingerprint density at radius 2 is 1.95 bits per heavy atom. The predicted octanol–water partition coefficient (Wildman–Crippen LogP) is 3.31. The summed E-state index contributed by atoms with van der Waals surface area (Å²) in [7, 11) is 0. The van der Waals surface area contributed by atoms with Crippen LogP contribution in [0.3, 0.4) is 0 Å². The third-order valence-corrected chi connectivity index (χ3v) is 4.45. The van der Waals surface area contributed by atoms with Crippen LogP contribution in [0.4, 0.5) is 5.69 Å². The van der Waals surface area contributed by atoms with Crippen LogP contribution in [-0.2, 0) is 13.0 Å². The molecule has 1 aliphatic rings. The van der Waals surface area contributed by atoms with Crippen LogP contribution in [0, 0.1) is 0 Å². The molecule has 0 bridgehead atoms. The zero-order valence-electron chi connectivity index (χ0n) is 12.0. The van der Waals surface area contributed by atoms with Crippen molar-refractivity contribution in [3.63, 3.8) is 0 Å². The molecule has 1 amide bonds.